The van der Waals surface area contributed by atoms with Crippen LogP contribution >= 0.6 is 23.2 Å². The zero-order valence-corrected chi connectivity index (χ0v) is 12.7. The van der Waals surface area contributed by atoms with Gasteiger partial charge in [-0.2, -0.15) is 0 Å². The molecular weight excluding hydrogens is 313 g/mol. The van der Waals surface area contributed by atoms with Crippen LogP contribution in [0, 0.1) is 0 Å². The van der Waals surface area contributed by atoms with Gasteiger partial charge in [-0.05, 0) is 49.4 Å². The van der Waals surface area contributed by atoms with Crippen LogP contribution in [-0.2, 0) is 4.79 Å². The van der Waals surface area contributed by atoms with E-state index in [-0.39, 0.29) is 11.7 Å². The molecule has 0 aliphatic rings. The van der Waals surface area contributed by atoms with Crippen LogP contribution in [0.4, 0.5) is 5.69 Å². The highest BCUT2D eigenvalue weighted by molar-refractivity contribution is 6.35. The van der Waals surface area contributed by atoms with E-state index < -0.39 is 6.10 Å². The summed E-state index contributed by atoms with van der Waals surface area (Å²) in [4.78, 5) is 12.0. The molecule has 0 aliphatic carbocycles. The molecule has 0 heterocycles. The fourth-order valence-corrected chi connectivity index (χ4v) is 2.06. The predicted molar refractivity (Wildman–Crippen MR) is 83.3 cm³/mol. The number of hydrogen-bond acceptors (Lipinski definition) is 3. The van der Waals surface area contributed by atoms with Crippen molar-refractivity contribution in [2.24, 2.45) is 0 Å². The minimum Gasteiger partial charge on any atom is -0.508 e. The topological polar surface area (TPSA) is 58.6 Å². The molecule has 2 aromatic carbocycles. The van der Waals surface area contributed by atoms with Crippen LogP contribution in [-0.4, -0.2) is 17.1 Å². The number of carbonyl (C=O) groups is 1. The quantitative estimate of drug-likeness (QED) is 0.832. The second-order valence-electron chi connectivity index (χ2n) is 4.37. The average Bonchev–Trinajstić information content (AvgIpc) is 2.44. The summed E-state index contributed by atoms with van der Waals surface area (Å²) in [7, 11) is 0. The number of phenolic OH excluding ortho intramolecular Hbond substituents is 1. The lowest BCUT2D eigenvalue weighted by Gasteiger charge is -2.15. The Kier molecular flexibility index (Phi) is 4.94. The Hall–Kier alpha value is -1.91. The van der Waals surface area contributed by atoms with Gasteiger partial charge in [0.2, 0.25) is 0 Å². The van der Waals surface area contributed by atoms with Crippen molar-refractivity contribution >= 4 is 34.8 Å². The van der Waals surface area contributed by atoms with Crippen LogP contribution in [0.25, 0.3) is 0 Å². The molecule has 0 saturated carbocycles. The third kappa shape index (κ3) is 4.28. The lowest BCUT2D eigenvalue weighted by Crippen LogP contribution is -2.30. The second-order valence-corrected chi connectivity index (χ2v) is 5.21. The van der Waals surface area contributed by atoms with Gasteiger partial charge in [-0.1, -0.05) is 23.2 Å². The summed E-state index contributed by atoms with van der Waals surface area (Å²) in [5.74, 6) is 0.186. The standard InChI is InChI=1S/C15H13Cl2NO3/c1-9(21-14-7-2-10(16)8-13(14)17)15(20)18-11-3-5-12(19)6-4-11/h2-9,19H,1H3,(H,18,20)/t9-/m0/s1. The fourth-order valence-electron chi connectivity index (χ4n) is 1.60. The molecule has 0 aliphatic heterocycles. The number of benzene rings is 2. The van der Waals surface area contributed by atoms with Crippen LogP contribution < -0.4 is 10.1 Å². The van der Waals surface area contributed by atoms with Gasteiger partial charge in [0.15, 0.2) is 6.10 Å². The highest BCUT2D eigenvalue weighted by Crippen LogP contribution is 2.28. The minimum atomic E-state index is -0.738. The number of halogens is 2. The Morgan fingerprint density at radius 2 is 1.86 bits per heavy atom. The largest absolute Gasteiger partial charge is 0.508 e. The van der Waals surface area contributed by atoms with Gasteiger partial charge in [0, 0.05) is 10.7 Å². The first kappa shape index (κ1) is 15.5. The van der Waals surface area contributed by atoms with E-state index in [1.54, 1.807) is 37.3 Å². The number of phenols is 1. The molecule has 0 aromatic heterocycles. The first-order valence-electron chi connectivity index (χ1n) is 6.17. The summed E-state index contributed by atoms with van der Waals surface area (Å²) in [6.07, 6.45) is -0.738. The monoisotopic (exact) mass is 325 g/mol. The molecule has 0 bridgehead atoms. The number of rotatable bonds is 4. The Labute approximate surface area is 132 Å². The van der Waals surface area contributed by atoms with Crippen LogP contribution in [0.1, 0.15) is 6.92 Å². The minimum absolute atomic E-state index is 0.130. The normalized spacial score (nSPS) is 11.8. The third-order valence-corrected chi connectivity index (χ3v) is 3.23. The molecule has 2 aromatic rings. The van der Waals surface area contributed by atoms with Gasteiger partial charge in [0.05, 0.1) is 5.02 Å². The van der Waals surface area contributed by atoms with Crippen molar-refractivity contribution in [3.05, 3.63) is 52.5 Å². The summed E-state index contributed by atoms with van der Waals surface area (Å²) < 4.78 is 5.51. The molecule has 0 fully saturated rings. The highest BCUT2D eigenvalue weighted by atomic mass is 35.5. The summed E-state index contributed by atoms with van der Waals surface area (Å²) in [5, 5.41) is 12.7. The Morgan fingerprint density at radius 3 is 2.48 bits per heavy atom. The molecule has 0 spiro atoms. The van der Waals surface area contributed by atoms with Gasteiger partial charge in [-0.25, -0.2) is 0 Å². The van der Waals surface area contributed by atoms with E-state index in [0.717, 1.165) is 0 Å². The average molecular weight is 326 g/mol. The van der Waals surface area contributed by atoms with Crippen LogP contribution in [0.2, 0.25) is 10.0 Å². The maximum absolute atomic E-state index is 12.0. The molecule has 6 heteroatoms. The van der Waals surface area contributed by atoms with E-state index in [2.05, 4.69) is 5.32 Å². The second kappa shape index (κ2) is 6.70. The Balaban J connectivity index is 2.00. The van der Waals surface area contributed by atoms with Gasteiger partial charge in [-0.15, -0.1) is 0 Å². The lowest BCUT2D eigenvalue weighted by atomic mass is 10.3. The summed E-state index contributed by atoms with van der Waals surface area (Å²) in [5.41, 5.74) is 0.565. The van der Waals surface area contributed by atoms with Gasteiger partial charge >= 0.3 is 0 Å². The lowest BCUT2D eigenvalue weighted by molar-refractivity contribution is -0.122. The number of aromatic hydroxyl groups is 1. The summed E-state index contributed by atoms with van der Waals surface area (Å²) in [6, 6.07) is 10.9. The molecule has 110 valence electrons. The Morgan fingerprint density at radius 1 is 1.19 bits per heavy atom. The van der Waals surface area contributed by atoms with Crippen molar-refractivity contribution < 1.29 is 14.6 Å². The van der Waals surface area contributed by atoms with Gasteiger partial charge in [0.1, 0.15) is 11.5 Å². The van der Waals surface area contributed by atoms with E-state index in [1.165, 1.54) is 12.1 Å². The number of ether oxygens (including phenoxy) is 1. The zero-order chi connectivity index (χ0) is 15.4. The van der Waals surface area contributed by atoms with Gasteiger partial charge in [-0.3, -0.25) is 4.79 Å². The molecule has 1 atom stereocenters. The molecular formula is C15H13Cl2NO3. The Bertz CT molecular complexity index is 644. The number of anilines is 1. The van der Waals surface area contributed by atoms with E-state index in [0.29, 0.717) is 21.5 Å². The first-order valence-corrected chi connectivity index (χ1v) is 6.93. The van der Waals surface area contributed by atoms with Crippen molar-refractivity contribution in [2.45, 2.75) is 13.0 Å². The van der Waals surface area contributed by atoms with Crippen molar-refractivity contribution in [1.29, 1.82) is 0 Å². The van der Waals surface area contributed by atoms with Crippen molar-refractivity contribution in [2.75, 3.05) is 5.32 Å². The van der Waals surface area contributed by atoms with E-state index >= 15 is 0 Å². The van der Waals surface area contributed by atoms with Gasteiger partial charge in [0.25, 0.3) is 5.91 Å². The SMILES string of the molecule is C[C@H](Oc1ccc(Cl)cc1Cl)C(=O)Nc1ccc(O)cc1. The van der Waals surface area contributed by atoms with Crippen LogP contribution in [0.15, 0.2) is 42.5 Å². The number of carbonyl (C=O) groups excluding carboxylic acids is 1. The van der Waals surface area contributed by atoms with Crippen LogP contribution in [0.3, 0.4) is 0 Å². The van der Waals surface area contributed by atoms with Crippen molar-refractivity contribution in [3.63, 3.8) is 0 Å². The van der Waals surface area contributed by atoms with Crippen LogP contribution in [0.5, 0.6) is 11.5 Å². The fraction of sp³-hybridized carbons (Fsp3) is 0.133. The van der Waals surface area contributed by atoms with Gasteiger partial charge < -0.3 is 15.2 Å². The first-order chi connectivity index (χ1) is 9.95. The zero-order valence-electron chi connectivity index (χ0n) is 11.1. The molecule has 2 rings (SSSR count). The van der Waals surface area contributed by atoms with E-state index in [9.17, 15) is 9.90 Å². The predicted octanol–water partition coefficient (Wildman–Crippen LogP) is 4.11. The smallest absolute Gasteiger partial charge is 0.265 e. The third-order valence-electron chi connectivity index (χ3n) is 2.70. The van der Waals surface area contributed by atoms with E-state index in [1.807, 2.05) is 0 Å². The van der Waals surface area contributed by atoms with Crippen molar-refractivity contribution in [1.82, 2.24) is 0 Å². The number of amides is 1. The summed E-state index contributed by atoms with van der Waals surface area (Å²) >= 11 is 11.8. The molecule has 21 heavy (non-hydrogen) atoms. The van der Waals surface area contributed by atoms with Crippen molar-refractivity contribution in [3.8, 4) is 11.5 Å². The maximum Gasteiger partial charge on any atom is 0.265 e. The molecule has 4 nitrogen and oxygen atoms in total. The molecule has 2 N–H and O–H groups in total. The molecule has 1 amide bonds. The summed E-state index contributed by atoms with van der Waals surface area (Å²) in [6.45, 7) is 1.61. The molecule has 0 saturated heterocycles. The van der Waals surface area contributed by atoms with E-state index in [4.69, 9.17) is 27.9 Å². The number of nitrogens with one attached hydrogen (secondary N) is 1. The number of hydrogen-bond donors (Lipinski definition) is 2. The maximum atomic E-state index is 12.0. The molecule has 0 unspecified atom stereocenters. The highest BCUT2D eigenvalue weighted by Gasteiger charge is 2.16. The molecule has 0 radical (unpaired) electrons.